The van der Waals surface area contributed by atoms with Crippen LogP contribution in [0, 0.1) is 12.3 Å². The van der Waals surface area contributed by atoms with Gasteiger partial charge in [-0.3, -0.25) is 4.79 Å². The SMILES string of the molecule is C#CCCC1(CCNC(=O)C(N)c2ccc3ccccc3c2)N=N1. The summed E-state index contributed by atoms with van der Waals surface area (Å²) >= 11 is 0. The van der Waals surface area contributed by atoms with E-state index in [9.17, 15) is 4.79 Å². The number of hydrogen-bond donors (Lipinski definition) is 2. The number of benzene rings is 2. The predicted molar refractivity (Wildman–Crippen MR) is 94.2 cm³/mol. The predicted octanol–water partition coefficient (Wildman–Crippen LogP) is 2.92. The van der Waals surface area contributed by atoms with E-state index in [2.05, 4.69) is 21.5 Å². The van der Waals surface area contributed by atoms with Gasteiger partial charge in [-0.2, -0.15) is 10.2 Å². The number of rotatable bonds is 7. The van der Waals surface area contributed by atoms with Crippen molar-refractivity contribution in [2.75, 3.05) is 6.54 Å². The van der Waals surface area contributed by atoms with Crippen LogP contribution in [0.3, 0.4) is 0 Å². The molecule has 1 heterocycles. The molecular formula is C19H20N4O. The van der Waals surface area contributed by atoms with Gasteiger partial charge in [0.25, 0.3) is 0 Å². The summed E-state index contributed by atoms with van der Waals surface area (Å²) in [5.74, 6) is 2.39. The third kappa shape index (κ3) is 3.61. The first-order chi connectivity index (χ1) is 11.6. The van der Waals surface area contributed by atoms with E-state index in [0.29, 0.717) is 19.4 Å². The maximum atomic E-state index is 12.3. The molecule has 1 unspecified atom stereocenters. The average molecular weight is 320 g/mol. The lowest BCUT2D eigenvalue weighted by atomic mass is 10.0. The molecule has 3 rings (SSSR count). The maximum absolute atomic E-state index is 12.3. The molecule has 0 saturated carbocycles. The Morgan fingerprint density at radius 2 is 1.96 bits per heavy atom. The van der Waals surface area contributed by atoms with Crippen molar-refractivity contribution >= 4 is 16.7 Å². The highest BCUT2D eigenvalue weighted by molar-refractivity contribution is 5.87. The summed E-state index contributed by atoms with van der Waals surface area (Å²) in [5.41, 5.74) is 6.51. The fraction of sp³-hybridized carbons (Fsp3) is 0.316. The molecule has 0 bridgehead atoms. The molecule has 0 saturated heterocycles. The highest BCUT2D eigenvalue weighted by Gasteiger charge is 2.38. The van der Waals surface area contributed by atoms with Crippen molar-refractivity contribution in [1.29, 1.82) is 0 Å². The van der Waals surface area contributed by atoms with Crippen molar-refractivity contribution in [3.8, 4) is 12.3 Å². The quantitative estimate of drug-likeness (QED) is 0.769. The topological polar surface area (TPSA) is 79.8 Å². The van der Waals surface area contributed by atoms with Gasteiger partial charge in [0.15, 0.2) is 5.66 Å². The summed E-state index contributed by atoms with van der Waals surface area (Å²) in [5, 5.41) is 13.2. The first kappa shape index (κ1) is 16.2. The van der Waals surface area contributed by atoms with Crippen LogP contribution in [0.15, 0.2) is 52.7 Å². The van der Waals surface area contributed by atoms with Crippen LogP contribution in [-0.2, 0) is 4.79 Å². The molecule has 5 heteroatoms. The van der Waals surface area contributed by atoms with Gasteiger partial charge in [0.1, 0.15) is 6.04 Å². The molecule has 3 N–H and O–H groups in total. The van der Waals surface area contributed by atoms with Crippen molar-refractivity contribution < 1.29 is 4.79 Å². The second-order valence-electron chi connectivity index (χ2n) is 6.01. The van der Waals surface area contributed by atoms with Crippen molar-refractivity contribution in [3.63, 3.8) is 0 Å². The van der Waals surface area contributed by atoms with Gasteiger partial charge in [-0.25, -0.2) is 0 Å². The van der Waals surface area contributed by atoms with Crippen LogP contribution < -0.4 is 11.1 Å². The van der Waals surface area contributed by atoms with E-state index in [-0.39, 0.29) is 11.6 Å². The van der Waals surface area contributed by atoms with E-state index in [4.69, 9.17) is 12.2 Å². The van der Waals surface area contributed by atoms with Crippen molar-refractivity contribution in [3.05, 3.63) is 48.0 Å². The molecule has 0 spiro atoms. The second kappa shape index (κ2) is 6.81. The largest absolute Gasteiger partial charge is 0.354 e. The van der Waals surface area contributed by atoms with Crippen molar-refractivity contribution in [2.24, 2.45) is 16.0 Å². The van der Waals surface area contributed by atoms with Crippen molar-refractivity contribution in [1.82, 2.24) is 5.32 Å². The lowest BCUT2D eigenvalue weighted by molar-refractivity contribution is -0.122. The molecule has 0 radical (unpaired) electrons. The summed E-state index contributed by atoms with van der Waals surface area (Å²) in [6, 6.07) is 13.1. The molecule has 1 atom stereocenters. The second-order valence-corrected chi connectivity index (χ2v) is 6.01. The summed E-state index contributed by atoms with van der Waals surface area (Å²) in [6.45, 7) is 0.484. The van der Waals surface area contributed by atoms with Gasteiger partial charge in [0, 0.05) is 25.8 Å². The van der Waals surface area contributed by atoms with Gasteiger partial charge in [0.2, 0.25) is 5.91 Å². The Balaban J connectivity index is 1.55. The Morgan fingerprint density at radius 3 is 2.67 bits per heavy atom. The highest BCUT2D eigenvalue weighted by atomic mass is 16.2. The Hall–Kier alpha value is -2.71. The van der Waals surface area contributed by atoms with Crippen LogP contribution >= 0.6 is 0 Å². The van der Waals surface area contributed by atoms with E-state index in [0.717, 1.165) is 22.8 Å². The minimum atomic E-state index is -0.690. The number of hydrogen-bond acceptors (Lipinski definition) is 4. The number of amides is 1. The van der Waals surface area contributed by atoms with Gasteiger partial charge in [-0.1, -0.05) is 36.4 Å². The normalized spacial score (nSPS) is 15.7. The Labute approximate surface area is 141 Å². The number of fused-ring (bicyclic) bond motifs is 1. The fourth-order valence-corrected chi connectivity index (χ4v) is 2.72. The zero-order valence-electron chi connectivity index (χ0n) is 13.4. The van der Waals surface area contributed by atoms with Crippen LogP contribution in [0.1, 0.15) is 30.9 Å². The van der Waals surface area contributed by atoms with E-state index in [1.807, 2.05) is 42.5 Å². The first-order valence-electron chi connectivity index (χ1n) is 8.03. The zero-order chi connectivity index (χ0) is 17.0. The molecule has 122 valence electrons. The maximum Gasteiger partial charge on any atom is 0.241 e. The van der Waals surface area contributed by atoms with Gasteiger partial charge in [-0.15, -0.1) is 12.3 Å². The monoisotopic (exact) mass is 320 g/mol. The van der Waals surface area contributed by atoms with Crippen LogP contribution in [0.2, 0.25) is 0 Å². The van der Waals surface area contributed by atoms with Gasteiger partial charge in [-0.05, 0) is 22.4 Å². The van der Waals surface area contributed by atoms with Gasteiger partial charge >= 0.3 is 0 Å². The molecule has 2 aromatic carbocycles. The first-order valence-corrected chi connectivity index (χ1v) is 8.03. The Kier molecular flexibility index (Phi) is 4.59. The highest BCUT2D eigenvalue weighted by Crippen LogP contribution is 2.36. The number of carbonyl (C=O) groups excluding carboxylic acids is 1. The van der Waals surface area contributed by atoms with E-state index in [1.165, 1.54) is 0 Å². The zero-order valence-corrected chi connectivity index (χ0v) is 13.4. The molecule has 0 aliphatic carbocycles. The molecule has 0 fully saturated rings. The van der Waals surface area contributed by atoms with E-state index in [1.54, 1.807) is 0 Å². The van der Waals surface area contributed by atoms with Crippen LogP contribution in [0.25, 0.3) is 10.8 Å². The third-order valence-corrected chi connectivity index (χ3v) is 4.29. The van der Waals surface area contributed by atoms with E-state index < -0.39 is 6.04 Å². The lowest BCUT2D eigenvalue weighted by Crippen LogP contribution is -2.36. The molecule has 1 amide bonds. The standard InChI is InChI=1S/C19H20N4O/c1-2-3-10-19(22-23-19)11-12-21-18(24)17(20)16-9-8-14-6-4-5-7-15(14)13-16/h1,4-9,13,17H,3,10-12,20H2,(H,21,24). The molecule has 2 aromatic rings. The van der Waals surface area contributed by atoms with Crippen LogP contribution in [0.4, 0.5) is 0 Å². The smallest absolute Gasteiger partial charge is 0.241 e. The average Bonchev–Trinajstić information content (AvgIpc) is 3.39. The number of carbonyl (C=O) groups is 1. The molecular weight excluding hydrogens is 300 g/mol. The fourth-order valence-electron chi connectivity index (χ4n) is 2.72. The molecule has 5 nitrogen and oxygen atoms in total. The number of terminal acetylenes is 1. The molecule has 0 aromatic heterocycles. The van der Waals surface area contributed by atoms with Gasteiger partial charge < -0.3 is 11.1 Å². The van der Waals surface area contributed by atoms with Gasteiger partial charge in [0.05, 0.1) is 0 Å². The number of nitrogens with one attached hydrogen (secondary N) is 1. The lowest BCUT2D eigenvalue weighted by Gasteiger charge is -2.14. The van der Waals surface area contributed by atoms with Crippen LogP contribution in [-0.4, -0.2) is 18.1 Å². The van der Waals surface area contributed by atoms with E-state index >= 15 is 0 Å². The number of nitrogens with two attached hydrogens (primary N) is 1. The Morgan fingerprint density at radius 1 is 1.21 bits per heavy atom. The van der Waals surface area contributed by atoms with Crippen molar-refractivity contribution in [2.45, 2.75) is 31.0 Å². The summed E-state index contributed by atoms with van der Waals surface area (Å²) in [6.07, 6.45) is 7.29. The number of nitrogens with zero attached hydrogens (tertiary/aromatic N) is 2. The minimum Gasteiger partial charge on any atom is -0.354 e. The Bertz CT molecular complexity index is 815. The molecule has 24 heavy (non-hydrogen) atoms. The minimum absolute atomic E-state index is 0.196. The summed E-state index contributed by atoms with van der Waals surface area (Å²) in [7, 11) is 0. The third-order valence-electron chi connectivity index (χ3n) is 4.29. The molecule has 1 aliphatic rings. The summed E-state index contributed by atoms with van der Waals surface area (Å²) in [4.78, 5) is 12.3. The summed E-state index contributed by atoms with van der Waals surface area (Å²) < 4.78 is 0. The molecule has 1 aliphatic heterocycles. The van der Waals surface area contributed by atoms with Crippen LogP contribution in [0.5, 0.6) is 0 Å².